The lowest BCUT2D eigenvalue weighted by atomic mass is 10.3. The van der Waals surface area contributed by atoms with Gasteiger partial charge in [-0.1, -0.05) is 17.7 Å². The molecule has 1 rings (SSSR count). The van der Waals surface area contributed by atoms with Crippen molar-refractivity contribution >= 4 is 33.0 Å². The van der Waals surface area contributed by atoms with E-state index in [2.05, 4.69) is 0 Å². The first kappa shape index (κ1) is 14.8. The molecule has 1 unspecified atom stereocenters. The molecule has 0 aliphatic heterocycles. The van der Waals surface area contributed by atoms with Gasteiger partial charge < -0.3 is 10.6 Å². The maximum absolute atomic E-state index is 12.3. The van der Waals surface area contributed by atoms with Crippen molar-refractivity contribution in [2.24, 2.45) is 0 Å². The van der Waals surface area contributed by atoms with Crippen LogP contribution in [0.2, 0.25) is 5.02 Å². The summed E-state index contributed by atoms with van der Waals surface area (Å²) in [5, 5.41) is -1.21. The molecule has 0 bridgehead atoms. The molecular formula is C11H15ClN2O3S. The van der Waals surface area contributed by atoms with E-state index in [1.165, 1.54) is 38.1 Å². The van der Waals surface area contributed by atoms with Crippen molar-refractivity contribution in [1.82, 2.24) is 4.90 Å². The Hall–Kier alpha value is -1.27. The summed E-state index contributed by atoms with van der Waals surface area (Å²) in [4.78, 5) is 12.8. The minimum absolute atomic E-state index is 0.0217. The lowest BCUT2D eigenvalue weighted by Crippen LogP contribution is -2.37. The third kappa shape index (κ3) is 2.59. The fraction of sp³-hybridized carbons (Fsp3) is 0.364. The zero-order chi connectivity index (χ0) is 14.1. The Balaban J connectivity index is 3.35. The Morgan fingerprint density at radius 3 is 2.39 bits per heavy atom. The maximum Gasteiger partial charge on any atom is 0.240 e. The minimum Gasteiger partial charge on any atom is -0.398 e. The van der Waals surface area contributed by atoms with Crippen LogP contribution in [0, 0.1) is 0 Å². The zero-order valence-electron chi connectivity index (χ0n) is 10.3. The van der Waals surface area contributed by atoms with E-state index in [4.69, 9.17) is 17.3 Å². The molecule has 7 heteroatoms. The summed E-state index contributed by atoms with van der Waals surface area (Å²) in [7, 11) is -0.912. The van der Waals surface area contributed by atoms with Crippen molar-refractivity contribution in [3.63, 3.8) is 0 Å². The second-order valence-electron chi connectivity index (χ2n) is 4.08. The van der Waals surface area contributed by atoms with E-state index < -0.39 is 21.0 Å². The van der Waals surface area contributed by atoms with Gasteiger partial charge in [-0.3, -0.25) is 4.79 Å². The van der Waals surface area contributed by atoms with E-state index >= 15 is 0 Å². The van der Waals surface area contributed by atoms with Gasteiger partial charge >= 0.3 is 0 Å². The van der Waals surface area contributed by atoms with Crippen molar-refractivity contribution in [1.29, 1.82) is 0 Å². The number of sulfone groups is 1. The van der Waals surface area contributed by atoms with Crippen LogP contribution in [0.4, 0.5) is 5.69 Å². The first-order chi connectivity index (χ1) is 8.19. The van der Waals surface area contributed by atoms with Crippen LogP contribution in [0.25, 0.3) is 0 Å². The Morgan fingerprint density at radius 1 is 1.39 bits per heavy atom. The predicted molar refractivity (Wildman–Crippen MR) is 71.2 cm³/mol. The highest BCUT2D eigenvalue weighted by Crippen LogP contribution is 2.30. The second kappa shape index (κ2) is 5.16. The Labute approximate surface area is 111 Å². The molecule has 0 saturated heterocycles. The van der Waals surface area contributed by atoms with E-state index in [0.717, 1.165) is 0 Å². The smallest absolute Gasteiger partial charge is 0.240 e. The number of carbonyl (C=O) groups excluding carboxylic acids is 1. The molecule has 0 heterocycles. The molecule has 1 aromatic carbocycles. The third-order valence-corrected chi connectivity index (χ3v) is 5.12. The number of hydrogen-bond acceptors (Lipinski definition) is 4. The molecule has 5 nitrogen and oxygen atoms in total. The van der Waals surface area contributed by atoms with Crippen molar-refractivity contribution in [2.75, 3.05) is 19.8 Å². The molecule has 0 fully saturated rings. The summed E-state index contributed by atoms with van der Waals surface area (Å²) in [5.74, 6) is -0.519. The summed E-state index contributed by atoms with van der Waals surface area (Å²) in [5.41, 5.74) is 5.68. The van der Waals surface area contributed by atoms with E-state index in [9.17, 15) is 13.2 Å². The van der Waals surface area contributed by atoms with Gasteiger partial charge in [-0.2, -0.15) is 0 Å². The molecule has 0 radical (unpaired) electrons. The van der Waals surface area contributed by atoms with Crippen LogP contribution in [0.15, 0.2) is 23.1 Å². The van der Waals surface area contributed by atoms with Gasteiger partial charge in [0.2, 0.25) is 5.91 Å². The lowest BCUT2D eigenvalue weighted by molar-refractivity contribution is -0.127. The molecule has 1 amide bonds. The van der Waals surface area contributed by atoms with E-state index in [-0.39, 0.29) is 15.6 Å². The van der Waals surface area contributed by atoms with Gasteiger partial charge in [0.25, 0.3) is 0 Å². The number of nitrogens with zero attached hydrogens (tertiary/aromatic N) is 1. The Bertz CT molecular complexity index is 549. The average Bonchev–Trinajstić information content (AvgIpc) is 2.26. The number of halogens is 1. The number of benzene rings is 1. The van der Waals surface area contributed by atoms with Gasteiger partial charge in [-0.05, 0) is 19.1 Å². The van der Waals surface area contributed by atoms with Crippen LogP contribution in [-0.2, 0) is 14.6 Å². The molecular weight excluding hydrogens is 276 g/mol. The predicted octanol–water partition coefficient (Wildman–Crippen LogP) is 1.17. The summed E-state index contributed by atoms with van der Waals surface area (Å²) in [6, 6.07) is 4.42. The highest BCUT2D eigenvalue weighted by Gasteiger charge is 2.33. The number of rotatable bonds is 3. The molecule has 0 aliphatic carbocycles. The van der Waals surface area contributed by atoms with Crippen molar-refractivity contribution in [2.45, 2.75) is 17.1 Å². The normalized spacial score (nSPS) is 13.1. The number of hydrogen-bond donors (Lipinski definition) is 1. The molecule has 0 aromatic heterocycles. The monoisotopic (exact) mass is 290 g/mol. The summed E-state index contributed by atoms with van der Waals surface area (Å²) in [6.45, 7) is 1.32. The van der Waals surface area contributed by atoms with Gasteiger partial charge in [0, 0.05) is 14.1 Å². The molecule has 100 valence electrons. The average molecular weight is 291 g/mol. The fourth-order valence-electron chi connectivity index (χ4n) is 1.50. The first-order valence-corrected chi connectivity index (χ1v) is 7.11. The van der Waals surface area contributed by atoms with Gasteiger partial charge in [-0.15, -0.1) is 0 Å². The molecule has 2 N–H and O–H groups in total. The molecule has 0 spiro atoms. The summed E-state index contributed by atoms with van der Waals surface area (Å²) >= 11 is 5.86. The first-order valence-electron chi connectivity index (χ1n) is 5.18. The minimum atomic E-state index is -3.89. The molecule has 0 saturated carbocycles. The molecule has 1 aromatic rings. The standard InChI is InChI=1S/C11H15ClN2O3S/c1-7(11(15)14(2)3)18(16,17)10-8(12)5-4-6-9(10)13/h4-7H,13H2,1-3H3. The molecule has 18 heavy (non-hydrogen) atoms. The van der Waals surface area contributed by atoms with Crippen molar-refractivity contribution in [3.8, 4) is 0 Å². The molecule has 1 atom stereocenters. The number of nitrogens with two attached hydrogens (primary N) is 1. The number of amides is 1. The second-order valence-corrected chi connectivity index (χ2v) is 6.69. The van der Waals surface area contributed by atoms with Gasteiger partial charge in [-0.25, -0.2) is 8.42 Å². The SMILES string of the molecule is CC(C(=O)N(C)C)S(=O)(=O)c1c(N)cccc1Cl. The van der Waals surface area contributed by atoms with Crippen LogP contribution in [0.3, 0.4) is 0 Å². The summed E-state index contributed by atoms with van der Waals surface area (Å²) in [6.07, 6.45) is 0. The van der Waals surface area contributed by atoms with Crippen LogP contribution < -0.4 is 5.73 Å². The lowest BCUT2D eigenvalue weighted by Gasteiger charge is -2.18. The van der Waals surface area contributed by atoms with E-state index in [0.29, 0.717) is 0 Å². The Morgan fingerprint density at radius 2 is 1.94 bits per heavy atom. The van der Waals surface area contributed by atoms with Gasteiger partial charge in [0.1, 0.15) is 10.1 Å². The van der Waals surface area contributed by atoms with Crippen LogP contribution in [0.5, 0.6) is 0 Å². The number of anilines is 1. The largest absolute Gasteiger partial charge is 0.398 e. The fourth-order valence-corrected chi connectivity index (χ4v) is 3.57. The topological polar surface area (TPSA) is 80.5 Å². The quantitative estimate of drug-likeness (QED) is 0.848. The van der Waals surface area contributed by atoms with Gasteiger partial charge in [0.05, 0.1) is 10.7 Å². The van der Waals surface area contributed by atoms with E-state index in [1.807, 2.05) is 0 Å². The van der Waals surface area contributed by atoms with Crippen LogP contribution in [0.1, 0.15) is 6.92 Å². The Kier molecular flexibility index (Phi) is 4.24. The van der Waals surface area contributed by atoms with Crippen LogP contribution in [-0.4, -0.2) is 38.6 Å². The highest BCUT2D eigenvalue weighted by atomic mass is 35.5. The van der Waals surface area contributed by atoms with Crippen molar-refractivity contribution < 1.29 is 13.2 Å². The maximum atomic E-state index is 12.3. The van der Waals surface area contributed by atoms with E-state index in [1.54, 1.807) is 6.07 Å². The van der Waals surface area contributed by atoms with Crippen LogP contribution >= 0.6 is 11.6 Å². The number of nitrogen functional groups attached to an aromatic ring is 1. The van der Waals surface area contributed by atoms with Gasteiger partial charge in [0.15, 0.2) is 9.84 Å². The summed E-state index contributed by atoms with van der Waals surface area (Å²) < 4.78 is 24.6. The molecule has 0 aliphatic rings. The third-order valence-electron chi connectivity index (χ3n) is 2.54. The van der Waals surface area contributed by atoms with Crippen molar-refractivity contribution in [3.05, 3.63) is 23.2 Å². The zero-order valence-corrected chi connectivity index (χ0v) is 11.9. The number of carbonyl (C=O) groups is 1. The highest BCUT2D eigenvalue weighted by molar-refractivity contribution is 7.93.